The molecule has 0 amide bonds. The molecule has 3 rings (SSSR count). The zero-order valence-corrected chi connectivity index (χ0v) is 14.3. The van der Waals surface area contributed by atoms with Gasteiger partial charge in [0.15, 0.2) is 0 Å². The molecule has 0 fully saturated rings. The third-order valence-electron chi connectivity index (χ3n) is 3.65. The molecule has 0 aliphatic carbocycles. The quantitative estimate of drug-likeness (QED) is 0.524. The van der Waals surface area contributed by atoms with Crippen molar-refractivity contribution >= 4 is 17.3 Å². The predicted octanol–water partition coefficient (Wildman–Crippen LogP) is 4.19. The second-order valence-electron chi connectivity index (χ2n) is 5.52. The molecule has 132 valence electrons. The maximum atomic E-state index is 11.6. The fourth-order valence-corrected chi connectivity index (χ4v) is 2.33. The van der Waals surface area contributed by atoms with Gasteiger partial charge in [-0.15, -0.1) is 0 Å². The Kier molecular flexibility index (Phi) is 5.02. The number of aryl methyl sites for hydroxylation is 2. The molecule has 0 aliphatic rings. The van der Waals surface area contributed by atoms with Crippen LogP contribution in [-0.4, -0.2) is 19.9 Å². The zero-order chi connectivity index (χ0) is 18.5. The molecule has 1 aromatic carbocycles. The monoisotopic (exact) mass is 351 g/mol. The van der Waals surface area contributed by atoms with Crippen LogP contribution in [0.5, 0.6) is 11.6 Å². The minimum absolute atomic E-state index is 0.0169. The van der Waals surface area contributed by atoms with Gasteiger partial charge in [0.25, 0.3) is 0 Å². The number of ether oxygens (including phenoxy) is 1. The number of aromatic nitrogens is 3. The Labute approximate surface area is 150 Å². The highest BCUT2D eigenvalue weighted by Crippen LogP contribution is 2.35. The summed E-state index contributed by atoms with van der Waals surface area (Å²) in [7, 11) is 0. The van der Waals surface area contributed by atoms with E-state index < -0.39 is 4.92 Å². The molecule has 0 saturated heterocycles. The highest BCUT2D eigenvalue weighted by atomic mass is 16.6. The Morgan fingerprint density at radius 1 is 1.15 bits per heavy atom. The summed E-state index contributed by atoms with van der Waals surface area (Å²) >= 11 is 0. The molecule has 0 bridgehead atoms. The van der Waals surface area contributed by atoms with Gasteiger partial charge in [-0.1, -0.05) is 25.1 Å². The molecule has 3 aromatic rings. The lowest BCUT2D eigenvalue weighted by molar-refractivity contribution is -0.385. The van der Waals surface area contributed by atoms with Gasteiger partial charge in [-0.25, -0.2) is 9.97 Å². The van der Waals surface area contributed by atoms with E-state index in [9.17, 15) is 10.1 Å². The maximum Gasteiger partial charge on any atom is 0.373 e. The normalized spacial score (nSPS) is 10.4. The molecule has 0 atom stereocenters. The van der Waals surface area contributed by atoms with Gasteiger partial charge in [-0.05, 0) is 43.2 Å². The van der Waals surface area contributed by atoms with Crippen LogP contribution >= 0.6 is 0 Å². The van der Waals surface area contributed by atoms with Crippen LogP contribution in [0.25, 0.3) is 0 Å². The van der Waals surface area contributed by atoms with E-state index in [1.807, 2.05) is 32.0 Å². The summed E-state index contributed by atoms with van der Waals surface area (Å²) < 4.78 is 5.62. The number of pyridine rings is 1. The molecule has 0 unspecified atom stereocenters. The number of hydrogen-bond acceptors (Lipinski definition) is 7. The fourth-order valence-electron chi connectivity index (χ4n) is 2.33. The Morgan fingerprint density at radius 2 is 1.92 bits per heavy atom. The largest absolute Gasteiger partial charge is 0.434 e. The van der Waals surface area contributed by atoms with Crippen molar-refractivity contribution in [2.45, 2.75) is 20.3 Å². The Bertz CT molecular complexity index is 928. The first kappa shape index (κ1) is 17.3. The van der Waals surface area contributed by atoms with E-state index in [1.54, 1.807) is 24.3 Å². The van der Waals surface area contributed by atoms with Gasteiger partial charge in [-0.3, -0.25) is 10.1 Å². The maximum absolute atomic E-state index is 11.6. The van der Waals surface area contributed by atoms with E-state index in [-0.39, 0.29) is 17.4 Å². The predicted molar refractivity (Wildman–Crippen MR) is 96.8 cm³/mol. The fraction of sp³-hybridized carbons (Fsp3) is 0.167. The summed E-state index contributed by atoms with van der Waals surface area (Å²) in [5, 5.41) is 14.4. The lowest BCUT2D eigenvalue weighted by atomic mass is 10.2. The van der Waals surface area contributed by atoms with Crippen molar-refractivity contribution in [3.05, 3.63) is 70.2 Å². The van der Waals surface area contributed by atoms with E-state index >= 15 is 0 Å². The summed E-state index contributed by atoms with van der Waals surface area (Å²) in [6.07, 6.45) is 2.10. The summed E-state index contributed by atoms with van der Waals surface area (Å²) in [5.74, 6) is 0.793. The minimum Gasteiger partial charge on any atom is -0.434 e. The number of nitro groups is 1. The highest BCUT2D eigenvalue weighted by Gasteiger charge is 2.25. The van der Waals surface area contributed by atoms with Crippen molar-refractivity contribution < 1.29 is 9.66 Å². The van der Waals surface area contributed by atoms with Crippen LogP contribution < -0.4 is 10.1 Å². The van der Waals surface area contributed by atoms with Gasteiger partial charge >= 0.3 is 11.6 Å². The summed E-state index contributed by atoms with van der Waals surface area (Å²) in [4.78, 5) is 23.2. The average molecular weight is 351 g/mol. The molecule has 0 spiro atoms. The van der Waals surface area contributed by atoms with E-state index in [1.165, 1.54) is 6.33 Å². The van der Waals surface area contributed by atoms with Gasteiger partial charge < -0.3 is 10.1 Å². The topological polar surface area (TPSA) is 103 Å². The highest BCUT2D eigenvalue weighted by molar-refractivity contribution is 5.67. The lowest BCUT2D eigenvalue weighted by Gasteiger charge is -2.09. The van der Waals surface area contributed by atoms with E-state index in [0.717, 1.165) is 17.7 Å². The first-order valence-corrected chi connectivity index (χ1v) is 8.03. The van der Waals surface area contributed by atoms with Gasteiger partial charge in [0.05, 0.1) is 4.92 Å². The zero-order valence-electron chi connectivity index (χ0n) is 14.3. The van der Waals surface area contributed by atoms with Gasteiger partial charge in [0, 0.05) is 5.69 Å². The summed E-state index contributed by atoms with van der Waals surface area (Å²) in [5.41, 5.74) is 1.57. The van der Waals surface area contributed by atoms with Gasteiger partial charge in [-0.2, -0.15) is 4.98 Å². The molecule has 2 aromatic heterocycles. The Hall–Kier alpha value is -3.55. The van der Waals surface area contributed by atoms with Crippen LogP contribution in [0.15, 0.2) is 48.8 Å². The van der Waals surface area contributed by atoms with E-state index in [0.29, 0.717) is 11.6 Å². The second kappa shape index (κ2) is 7.56. The molecule has 2 heterocycles. The van der Waals surface area contributed by atoms with Crippen LogP contribution in [0.1, 0.15) is 18.2 Å². The van der Waals surface area contributed by atoms with Crippen LogP contribution in [0.4, 0.5) is 17.3 Å². The van der Waals surface area contributed by atoms with Crippen molar-refractivity contribution in [2.75, 3.05) is 5.32 Å². The van der Waals surface area contributed by atoms with Crippen molar-refractivity contribution in [1.29, 1.82) is 0 Å². The second-order valence-corrected chi connectivity index (χ2v) is 5.52. The number of rotatable bonds is 6. The van der Waals surface area contributed by atoms with Crippen molar-refractivity contribution in [3.63, 3.8) is 0 Å². The smallest absolute Gasteiger partial charge is 0.373 e. The lowest BCUT2D eigenvalue weighted by Crippen LogP contribution is -2.04. The molecule has 26 heavy (non-hydrogen) atoms. The van der Waals surface area contributed by atoms with Crippen LogP contribution in [0, 0.1) is 17.0 Å². The molecule has 0 aliphatic heterocycles. The van der Waals surface area contributed by atoms with Crippen molar-refractivity contribution in [3.8, 4) is 11.6 Å². The summed E-state index contributed by atoms with van der Waals surface area (Å²) in [6.45, 7) is 3.87. The molecule has 8 heteroatoms. The third-order valence-corrected chi connectivity index (χ3v) is 3.65. The SMILES string of the molecule is CCc1ccc(Oc2ncnc(Nc3cccc(C)n3)c2[N+](=O)[O-])cc1. The molecule has 0 saturated carbocycles. The molecular formula is C18H17N5O3. The standard InChI is InChI=1S/C18H17N5O3/c1-3-13-7-9-14(10-8-13)26-18-16(23(24)25)17(19-11-20-18)22-15-6-4-5-12(2)21-15/h4-11H,3H2,1-2H3,(H,19,20,21,22). The Morgan fingerprint density at radius 3 is 2.58 bits per heavy atom. The number of anilines is 2. The Balaban J connectivity index is 1.93. The summed E-state index contributed by atoms with van der Waals surface area (Å²) in [6, 6.07) is 12.6. The average Bonchev–Trinajstić information content (AvgIpc) is 2.62. The van der Waals surface area contributed by atoms with Crippen LogP contribution in [0.3, 0.4) is 0 Å². The van der Waals surface area contributed by atoms with Crippen LogP contribution in [0.2, 0.25) is 0 Å². The van der Waals surface area contributed by atoms with E-state index in [4.69, 9.17) is 4.74 Å². The third kappa shape index (κ3) is 3.92. The van der Waals surface area contributed by atoms with E-state index in [2.05, 4.69) is 20.3 Å². The first-order chi connectivity index (χ1) is 12.6. The number of nitrogens with one attached hydrogen (secondary N) is 1. The number of benzene rings is 1. The number of nitrogens with zero attached hydrogens (tertiary/aromatic N) is 4. The van der Waals surface area contributed by atoms with Gasteiger partial charge in [0.1, 0.15) is 17.9 Å². The number of hydrogen-bond donors (Lipinski definition) is 1. The first-order valence-electron chi connectivity index (χ1n) is 8.03. The molecular weight excluding hydrogens is 334 g/mol. The molecule has 1 N–H and O–H groups in total. The molecule has 8 nitrogen and oxygen atoms in total. The van der Waals surface area contributed by atoms with Crippen molar-refractivity contribution in [2.24, 2.45) is 0 Å². The molecule has 0 radical (unpaired) electrons. The van der Waals surface area contributed by atoms with Crippen molar-refractivity contribution in [1.82, 2.24) is 15.0 Å². The van der Waals surface area contributed by atoms with Gasteiger partial charge in [0.2, 0.25) is 5.82 Å². The van der Waals surface area contributed by atoms with Crippen LogP contribution in [-0.2, 0) is 6.42 Å². The minimum atomic E-state index is -0.576.